The van der Waals surface area contributed by atoms with Crippen molar-refractivity contribution in [1.29, 1.82) is 0 Å². The molecular weight excluding hydrogens is 264 g/mol. The standard InChI is InChI=1S/C17H28N2O2/c1-2-14-4-3-10-19(11-9-14)12-16(20)13-21-17-7-5-15(18)6-8-17/h5-8,14,16,20H,2-4,9-13,18H2,1H3. The number of hydrogen-bond donors (Lipinski definition) is 2. The number of anilines is 1. The van der Waals surface area contributed by atoms with Gasteiger partial charge >= 0.3 is 0 Å². The van der Waals surface area contributed by atoms with Gasteiger partial charge in [0.05, 0.1) is 0 Å². The number of nitrogen functional groups attached to an aromatic ring is 1. The van der Waals surface area contributed by atoms with Crippen LogP contribution in [0.5, 0.6) is 5.75 Å². The summed E-state index contributed by atoms with van der Waals surface area (Å²) >= 11 is 0. The van der Waals surface area contributed by atoms with Gasteiger partial charge in [-0.05, 0) is 62.5 Å². The largest absolute Gasteiger partial charge is 0.491 e. The third-order valence-corrected chi connectivity index (χ3v) is 4.31. The first kappa shape index (κ1) is 16.1. The quantitative estimate of drug-likeness (QED) is 0.791. The van der Waals surface area contributed by atoms with E-state index in [2.05, 4.69) is 11.8 Å². The van der Waals surface area contributed by atoms with E-state index in [4.69, 9.17) is 10.5 Å². The molecule has 3 N–H and O–H groups in total. The van der Waals surface area contributed by atoms with Gasteiger partial charge in [-0.15, -0.1) is 0 Å². The SMILES string of the molecule is CCC1CCCN(CC(O)COc2ccc(N)cc2)CC1. The zero-order valence-electron chi connectivity index (χ0n) is 13.0. The van der Waals surface area contributed by atoms with Crippen molar-refractivity contribution < 1.29 is 9.84 Å². The highest BCUT2D eigenvalue weighted by molar-refractivity contribution is 5.41. The fraction of sp³-hybridized carbons (Fsp3) is 0.647. The Morgan fingerprint density at radius 3 is 2.76 bits per heavy atom. The highest BCUT2D eigenvalue weighted by atomic mass is 16.5. The van der Waals surface area contributed by atoms with Gasteiger partial charge in [0.2, 0.25) is 0 Å². The monoisotopic (exact) mass is 292 g/mol. The van der Waals surface area contributed by atoms with Gasteiger partial charge in [-0.3, -0.25) is 0 Å². The van der Waals surface area contributed by atoms with E-state index >= 15 is 0 Å². The minimum absolute atomic E-state index is 0.331. The average molecular weight is 292 g/mol. The van der Waals surface area contributed by atoms with Crippen LogP contribution in [0.4, 0.5) is 5.69 Å². The molecule has 0 aliphatic carbocycles. The minimum Gasteiger partial charge on any atom is -0.491 e. The predicted octanol–water partition coefficient (Wildman–Crippen LogP) is 2.52. The number of likely N-dealkylation sites (tertiary alicyclic amines) is 1. The summed E-state index contributed by atoms with van der Waals surface area (Å²) in [5, 5.41) is 10.1. The van der Waals surface area contributed by atoms with Gasteiger partial charge in [-0.25, -0.2) is 0 Å². The number of nitrogens with zero attached hydrogens (tertiary/aromatic N) is 1. The maximum Gasteiger partial charge on any atom is 0.119 e. The van der Waals surface area contributed by atoms with Gasteiger partial charge in [0, 0.05) is 12.2 Å². The summed E-state index contributed by atoms with van der Waals surface area (Å²) in [6.45, 7) is 5.49. The second-order valence-electron chi connectivity index (χ2n) is 6.04. The van der Waals surface area contributed by atoms with Crippen LogP contribution in [0.25, 0.3) is 0 Å². The molecule has 0 saturated carbocycles. The summed E-state index contributed by atoms with van der Waals surface area (Å²) in [5.74, 6) is 1.61. The van der Waals surface area contributed by atoms with Crippen LogP contribution in [0.3, 0.4) is 0 Å². The normalized spacial score (nSPS) is 21.7. The molecule has 0 spiro atoms. The molecule has 0 amide bonds. The molecule has 1 aliphatic heterocycles. The van der Waals surface area contributed by atoms with E-state index < -0.39 is 6.10 Å². The Hall–Kier alpha value is -1.26. The maximum atomic E-state index is 10.1. The van der Waals surface area contributed by atoms with Gasteiger partial charge < -0.3 is 20.5 Å². The van der Waals surface area contributed by atoms with Crippen LogP contribution in [-0.4, -0.2) is 42.4 Å². The number of hydrogen-bond acceptors (Lipinski definition) is 4. The van der Waals surface area contributed by atoms with Crippen LogP contribution in [0.15, 0.2) is 24.3 Å². The van der Waals surface area contributed by atoms with Crippen molar-refractivity contribution in [3.8, 4) is 5.75 Å². The molecule has 118 valence electrons. The van der Waals surface area contributed by atoms with Crippen molar-refractivity contribution in [3.05, 3.63) is 24.3 Å². The Morgan fingerprint density at radius 1 is 1.29 bits per heavy atom. The number of aliphatic hydroxyl groups is 1. The number of rotatable bonds is 6. The van der Waals surface area contributed by atoms with Crippen molar-refractivity contribution >= 4 is 5.69 Å². The van der Waals surface area contributed by atoms with Crippen LogP contribution in [0, 0.1) is 5.92 Å². The maximum absolute atomic E-state index is 10.1. The van der Waals surface area contributed by atoms with Crippen LogP contribution in [-0.2, 0) is 0 Å². The number of nitrogens with two attached hydrogens (primary N) is 1. The smallest absolute Gasteiger partial charge is 0.119 e. The molecule has 21 heavy (non-hydrogen) atoms. The molecule has 1 saturated heterocycles. The molecule has 0 radical (unpaired) electrons. The lowest BCUT2D eigenvalue weighted by Crippen LogP contribution is -2.36. The fourth-order valence-corrected chi connectivity index (χ4v) is 2.92. The molecule has 1 fully saturated rings. The summed E-state index contributed by atoms with van der Waals surface area (Å²) in [6.07, 6.45) is 4.65. The Bertz CT molecular complexity index is 408. The zero-order valence-corrected chi connectivity index (χ0v) is 13.0. The molecule has 2 unspecified atom stereocenters. The Morgan fingerprint density at radius 2 is 2.05 bits per heavy atom. The summed E-state index contributed by atoms with van der Waals surface area (Å²) in [5.41, 5.74) is 6.35. The molecule has 2 rings (SSSR count). The van der Waals surface area contributed by atoms with Gasteiger partial charge in [0.15, 0.2) is 0 Å². The summed E-state index contributed by atoms with van der Waals surface area (Å²) in [7, 11) is 0. The van der Waals surface area contributed by atoms with E-state index in [1.165, 1.54) is 25.7 Å². The van der Waals surface area contributed by atoms with Crippen molar-refractivity contribution in [2.24, 2.45) is 5.92 Å². The lowest BCUT2D eigenvalue weighted by atomic mass is 9.98. The molecule has 1 aliphatic rings. The highest BCUT2D eigenvalue weighted by Gasteiger charge is 2.18. The van der Waals surface area contributed by atoms with Gasteiger partial charge in [-0.2, -0.15) is 0 Å². The van der Waals surface area contributed by atoms with Crippen LogP contribution < -0.4 is 10.5 Å². The van der Waals surface area contributed by atoms with Crippen LogP contribution in [0.1, 0.15) is 32.6 Å². The van der Waals surface area contributed by atoms with Crippen LogP contribution >= 0.6 is 0 Å². The van der Waals surface area contributed by atoms with E-state index in [1.807, 2.05) is 12.1 Å². The van der Waals surface area contributed by atoms with Crippen molar-refractivity contribution in [2.45, 2.75) is 38.7 Å². The van der Waals surface area contributed by atoms with Crippen molar-refractivity contribution in [1.82, 2.24) is 4.90 Å². The van der Waals surface area contributed by atoms with E-state index in [-0.39, 0.29) is 0 Å². The summed E-state index contributed by atoms with van der Waals surface area (Å²) < 4.78 is 5.61. The fourth-order valence-electron chi connectivity index (χ4n) is 2.92. The summed E-state index contributed by atoms with van der Waals surface area (Å²) in [6, 6.07) is 7.28. The molecule has 0 aromatic heterocycles. The number of aliphatic hydroxyl groups excluding tert-OH is 1. The lowest BCUT2D eigenvalue weighted by Gasteiger charge is -2.23. The molecule has 1 aromatic carbocycles. The first-order chi connectivity index (χ1) is 10.2. The van der Waals surface area contributed by atoms with E-state index in [0.717, 1.165) is 30.4 Å². The molecular formula is C17H28N2O2. The molecule has 2 atom stereocenters. The highest BCUT2D eigenvalue weighted by Crippen LogP contribution is 2.20. The Kier molecular flexibility index (Phi) is 6.33. The second kappa shape index (κ2) is 8.25. The first-order valence-corrected chi connectivity index (χ1v) is 8.06. The second-order valence-corrected chi connectivity index (χ2v) is 6.04. The van der Waals surface area contributed by atoms with Gasteiger partial charge in [0.25, 0.3) is 0 Å². The van der Waals surface area contributed by atoms with Gasteiger partial charge in [0.1, 0.15) is 18.5 Å². The molecule has 4 nitrogen and oxygen atoms in total. The van der Waals surface area contributed by atoms with Crippen molar-refractivity contribution in [2.75, 3.05) is 32.0 Å². The molecule has 1 aromatic rings. The third kappa shape index (κ3) is 5.56. The Balaban J connectivity index is 1.71. The minimum atomic E-state index is -0.444. The number of benzene rings is 1. The Labute approximate surface area is 127 Å². The van der Waals surface area contributed by atoms with Crippen molar-refractivity contribution in [3.63, 3.8) is 0 Å². The molecule has 1 heterocycles. The average Bonchev–Trinajstić information content (AvgIpc) is 2.72. The van der Waals surface area contributed by atoms with E-state index in [0.29, 0.717) is 13.2 Å². The van der Waals surface area contributed by atoms with E-state index in [1.54, 1.807) is 12.1 Å². The zero-order chi connectivity index (χ0) is 15.1. The predicted molar refractivity (Wildman–Crippen MR) is 86.4 cm³/mol. The third-order valence-electron chi connectivity index (χ3n) is 4.31. The van der Waals surface area contributed by atoms with Gasteiger partial charge in [-0.1, -0.05) is 13.3 Å². The van der Waals surface area contributed by atoms with Crippen LogP contribution in [0.2, 0.25) is 0 Å². The topological polar surface area (TPSA) is 58.7 Å². The van der Waals surface area contributed by atoms with E-state index in [9.17, 15) is 5.11 Å². The molecule has 0 bridgehead atoms. The number of β-amino-alcohol motifs (C(OH)–C–C–N with tert-alkyl or cyclic N) is 1. The number of ether oxygens (including phenoxy) is 1. The first-order valence-electron chi connectivity index (χ1n) is 8.06. The summed E-state index contributed by atoms with van der Waals surface area (Å²) in [4.78, 5) is 2.37. The lowest BCUT2D eigenvalue weighted by molar-refractivity contribution is 0.0690. The molecule has 4 heteroatoms.